The van der Waals surface area contributed by atoms with Gasteiger partial charge in [0.1, 0.15) is 61.0 Å². The Balaban J connectivity index is -0.000000169. The Bertz CT molecular complexity index is 784. The summed E-state index contributed by atoms with van der Waals surface area (Å²) >= 11 is 1.44. The maximum absolute atomic E-state index is 11.2. The van der Waals surface area contributed by atoms with E-state index < -0.39 is 139 Å². The van der Waals surface area contributed by atoms with Crippen molar-refractivity contribution in [2.45, 2.75) is 145 Å². The van der Waals surface area contributed by atoms with Crippen LogP contribution in [0, 0.1) is 5.92 Å². The van der Waals surface area contributed by atoms with Gasteiger partial charge in [0.05, 0.1) is 78.4 Å². The van der Waals surface area contributed by atoms with Crippen LogP contribution in [-0.2, 0) is 9.59 Å². The lowest BCUT2D eigenvalue weighted by molar-refractivity contribution is -0.141. The van der Waals surface area contributed by atoms with E-state index in [0.717, 1.165) is 12.8 Å². The lowest BCUT2D eigenvalue weighted by Crippen LogP contribution is -2.31. The van der Waals surface area contributed by atoms with Gasteiger partial charge in [-0.1, -0.05) is 71.1 Å². The first-order valence-corrected chi connectivity index (χ1v) is 21.7. The zero-order valence-corrected chi connectivity index (χ0v) is 37.2. The van der Waals surface area contributed by atoms with Crippen LogP contribution >= 0.6 is 11.8 Å². The van der Waals surface area contributed by atoms with Crippen LogP contribution < -0.4 is 0 Å². The molecule has 0 aliphatic heterocycles. The number of aliphatic carboxylic acids is 2. The second-order valence-electron chi connectivity index (χ2n) is 13.7. The van der Waals surface area contributed by atoms with E-state index in [1.54, 1.807) is 0 Å². The molecule has 0 radical (unpaired) electrons. The SMILES string of the molecule is CCCCCCCCCCCCC(CSCCC(=O)O)C(=O)O.OC[C@@H](O)[C@@H](O)CO.OC[C@@H](O)[C@@H](O)CO.OC[C@@H](O)[C@@H](O)CO.OC[C@@H](O)[C@@H](O)CO.OC[C@@H](O)[C@@H](O)CO. The fourth-order valence-corrected chi connectivity index (χ4v) is 4.84. The molecule has 0 fully saturated rings. The quantitative estimate of drug-likeness (QED) is 0.0279. The van der Waals surface area contributed by atoms with Crippen LogP contribution in [0.3, 0.4) is 0 Å². The molecule has 11 atom stereocenters. The standard InChI is InChI=1S/C18H34O4S.5C4H10O4/c1-2-3-4-5-6-7-8-9-10-11-12-16(18(21)22)15-23-14-13-17(19)20;5*5-1-3(7)4(8)2-6/h16H,2-15H2,1H3,(H,19,20)(H,21,22);5*3-8H,1-2H2/t;5*3-,4+. The van der Waals surface area contributed by atoms with Gasteiger partial charge in [-0.25, -0.2) is 0 Å². The van der Waals surface area contributed by atoms with Crippen LogP contribution in [0.15, 0.2) is 0 Å². The van der Waals surface area contributed by atoms with Crippen molar-refractivity contribution in [2.75, 3.05) is 77.6 Å². The summed E-state index contributed by atoms with van der Waals surface area (Å²) in [5.74, 6) is -0.873. The van der Waals surface area contributed by atoms with Gasteiger partial charge in [-0.05, 0) is 6.42 Å². The number of thioether (sulfide) groups is 1. The second-order valence-corrected chi connectivity index (χ2v) is 14.9. The Morgan fingerprint density at radius 1 is 0.381 bits per heavy atom. The number of rotatable bonds is 32. The van der Waals surface area contributed by atoms with Gasteiger partial charge in [-0.15, -0.1) is 0 Å². The van der Waals surface area contributed by atoms with E-state index in [2.05, 4.69) is 6.92 Å². The summed E-state index contributed by atoms with van der Waals surface area (Å²) in [5.41, 5.74) is 0. The summed E-state index contributed by atoms with van der Waals surface area (Å²) < 4.78 is 0. The number of carboxylic acids is 2. The minimum absolute atomic E-state index is 0.106. The number of hydrogen-bond acceptors (Lipinski definition) is 23. The lowest BCUT2D eigenvalue weighted by Gasteiger charge is -2.11. The molecule has 22 N–H and O–H groups in total. The Hall–Kier alpha value is -1.51. The largest absolute Gasteiger partial charge is 0.481 e. The maximum Gasteiger partial charge on any atom is 0.307 e. The van der Waals surface area contributed by atoms with Crippen LogP contribution in [0.4, 0.5) is 0 Å². The minimum Gasteiger partial charge on any atom is -0.481 e. The Kier molecular flexibility index (Phi) is 63.6. The average Bonchev–Trinajstić information content (AvgIpc) is 3.30. The second kappa shape index (κ2) is 54.8. The molecular weight excluding hydrogens is 872 g/mol. The number of carbonyl (C=O) groups is 2. The van der Waals surface area contributed by atoms with Crippen molar-refractivity contribution >= 4 is 23.7 Å². The van der Waals surface area contributed by atoms with Gasteiger partial charge in [0.25, 0.3) is 0 Å². The van der Waals surface area contributed by atoms with Gasteiger partial charge >= 0.3 is 11.9 Å². The fraction of sp³-hybridized carbons (Fsp3) is 0.947. The molecule has 25 heteroatoms. The summed E-state index contributed by atoms with van der Waals surface area (Å²) in [6.07, 6.45) is 1.11. The smallest absolute Gasteiger partial charge is 0.307 e. The molecule has 24 nitrogen and oxygen atoms in total. The predicted octanol–water partition coefficient (Wildman–Crippen LogP) is -6.33. The number of unbranched alkanes of at least 4 members (excludes halogenated alkanes) is 9. The van der Waals surface area contributed by atoms with Crippen LogP contribution in [0.1, 0.15) is 84.0 Å². The van der Waals surface area contributed by atoms with Crippen molar-refractivity contribution in [3.63, 3.8) is 0 Å². The molecule has 0 aromatic heterocycles. The highest BCUT2D eigenvalue weighted by Crippen LogP contribution is 2.18. The van der Waals surface area contributed by atoms with E-state index in [0.29, 0.717) is 17.9 Å². The van der Waals surface area contributed by atoms with Gasteiger partial charge in [-0.2, -0.15) is 11.8 Å². The van der Waals surface area contributed by atoms with Crippen LogP contribution in [0.2, 0.25) is 0 Å². The summed E-state index contributed by atoms with van der Waals surface area (Å²) in [7, 11) is 0. The topological polar surface area (TPSA) is 479 Å². The first-order valence-electron chi connectivity index (χ1n) is 20.6. The third-order valence-electron chi connectivity index (χ3n) is 8.13. The van der Waals surface area contributed by atoms with E-state index >= 15 is 0 Å². The van der Waals surface area contributed by atoms with E-state index in [4.69, 9.17) is 107 Å². The number of aliphatic hydroxyl groups is 20. The normalized spacial score (nSPS) is 15.9. The maximum atomic E-state index is 11.2. The molecule has 1 unspecified atom stereocenters. The highest BCUT2D eigenvalue weighted by atomic mass is 32.2. The third kappa shape index (κ3) is 54.7. The molecule has 0 saturated heterocycles. The predicted molar refractivity (Wildman–Crippen MR) is 228 cm³/mol. The monoisotopic (exact) mass is 957 g/mol. The van der Waals surface area contributed by atoms with Gasteiger partial charge in [0.15, 0.2) is 0 Å². The molecule has 0 amide bonds. The third-order valence-corrected chi connectivity index (χ3v) is 9.26. The van der Waals surface area contributed by atoms with Crippen LogP contribution in [-0.4, -0.2) is 263 Å². The molecule has 0 heterocycles. The molecule has 0 spiro atoms. The molecule has 0 saturated carbocycles. The number of aliphatic hydroxyl groups excluding tert-OH is 20. The van der Waals surface area contributed by atoms with E-state index in [1.807, 2.05) is 0 Å². The molecule has 386 valence electrons. The van der Waals surface area contributed by atoms with Crippen molar-refractivity contribution in [1.29, 1.82) is 0 Å². The molecule has 0 aliphatic carbocycles. The molecule has 63 heavy (non-hydrogen) atoms. The van der Waals surface area contributed by atoms with Crippen molar-refractivity contribution in [3.8, 4) is 0 Å². The zero-order chi connectivity index (χ0) is 50.2. The van der Waals surface area contributed by atoms with Gasteiger partial charge in [-0.3, -0.25) is 9.59 Å². The molecule has 0 aromatic rings. The Morgan fingerprint density at radius 2 is 0.603 bits per heavy atom. The molecule has 0 aromatic carbocycles. The Labute approximate surface area is 373 Å². The Morgan fingerprint density at radius 3 is 0.794 bits per heavy atom. The molecule has 0 rings (SSSR count). The zero-order valence-electron chi connectivity index (χ0n) is 36.4. The van der Waals surface area contributed by atoms with Gasteiger partial charge in [0, 0.05) is 11.5 Å². The minimum atomic E-state index is -1.22. The summed E-state index contributed by atoms with van der Waals surface area (Å²) in [6, 6.07) is 0. The van der Waals surface area contributed by atoms with Crippen LogP contribution in [0.5, 0.6) is 0 Å². The van der Waals surface area contributed by atoms with Crippen LogP contribution in [0.25, 0.3) is 0 Å². The van der Waals surface area contributed by atoms with E-state index in [1.165, 1.54) is 63.1 Å². The summed E-state index contributed by atoms with van der Waals surface area (Å²) in [6.45, 7) is -3.03. The summed E-state index contributed by atoms with van der Waals surface area (Å²) in [4.78, 5) is 21.6. The van der Waals surface area contributed by atoms with Crippen molar-refractivity contribution in [3.05, 3.63) is 0 Å². The molecular formula is C38H84O24S. The number of carboxylic acid groups (broad SMARTS) is 2. The van der Waals surface area contributed by atoms with Crippen molar-refractivity contribution in [1.82, 2.24) is 0 Å². The van der Waals surface area contributed by atoms with Crippen molar-refractivity contribution < 1.29 is 122 Å². The average molecular weight is 957 g/mol. The first-order chi connectivity index (χ1) is 29.7. The lowest BCUT2D eigenvalue weighted by atomic mass is 10.0. The fourth-order valence-electron chi connectivity index (χ4n) is 3.76. The van der Waals surface area contributed by atoms with E-state index in [-0.39, 0.29) is 12.3 Å². The highest BCUT2D eigenvalue weighted by Gasteiger charge is 2.18. The van der Waals surface area contributed by atoms with Gasteiger partial charge < -0.3 is 112 Å². The number of hydrogen-bond donors (Lipinski definition) is 22. The molecule has 0 bridgehead atoms. The van der Waals surface area contributed by atoms with E-state index in [9.17, 15) is 14.7 Å². The molecule has 0 aliphatic rings. The summed E-state index contributed by atoms with van der Waals surface area (Å²) in [5, 5.41) is 184. The first kappa shape index (κ1) is 73.1. The van der Waals surface area contributed by atoms with Gasteiger partial charge in [0.2, 0.25) is 0 Å². The highest BCUT2D eigenvalue weighted by molar-refractivity contribution is 7.99. The van der Waals surface area contributed by atoms with Crippen molar-refractivity contribution in [2.24, 2.45) is 5.92 Å².